The van der Waals surface area contributed by atoms with E-state index in [1.165, 1.54) is 0 Å². The van der Waals surface area contributed by atoms with E-state index in [0.29, 0.717) is 25.6 Å². The highest BCUT2D eigenvalue weighted by atomic mass is 16.6. The Morgan fingerprint density at radius 1 is 1.17 bits per heavy atom. The van der Waals surface area contributed by atoms with Crippen LogP contribution in [-0.2, 0) is 16.1 Å². The molecule has 0 radical (unpaired) electrons. The van der Waals surface area contributed by atoms with Crippen molar-refractivity contribution in [2.75, 3.05) is 13.2 Å². The number of hydrogen-bond donors (Lipinski definition) is 0. The van der Waals surface area contributed by atoms with Crippen molar-refractivity contribution in [3.63, 3.8) is 0 Å². The molecule has 2 unspecified atom stereocenters. The molecule has 8 nitrogen and oxygen atoms in total. The minimum Gasteiger partial charge on any atom is -0.445 e. The van der Waals surface area contributed by atoms with Crippen LogP contribution >= 0.6 is 0 Å². The zero-order valence-corrected chi connectivity index (χ0v) is 16.3. The Morgan fingerprint density at radius 2 is 2.00 bits per heavy atom. The fraction of sp³-hybridized carbons (Fsp3) is 0.273. The van der Waals surface area contributed by atoms with Gasteiger partial charge in [-0.3, -0.25) is 9.47 Å². The second-order valence-electron chi connectivity index (χ2n) is 7.34. The number of carbonyl (C=O) groups is 1. The predicted octanol–water partition coefficient (Wildman–Crippen LogP) is 2.86. The van der Waals surface area contributed by atoms with E-state index < -0.39 is 0 Å². The van der Waals surface area contributed by atoms with Crippen LogP contribution in [0.4, 0.5) is 4.79 Å². The second kappa shape index (κ2) is 8.08. The van der Waals surface area contributed by atoms with Gasteiger partial charge in [-0.1, -0.05) is 36.4 Å². The van der Waals surface area contributed by atoms with Crippen LogP contribution in [0, 0.1) is 0 Å². The van der Waals surface area contributed by atoms with Crippen molar-refractivity contribution in [1.29, 1.82) is 0 Å². The van der Waals surface area contributed by atoms with Crippen molar-refractivity contribution in [3.05, 3.63) is 78.6 Å². The van der Waals surface area contributed by atoms with Crippen LogP contribution in [0.2, 0.25) is 0 Å². The molecule has 2 atom stereocenters. The zero-order valence-electron chi connectivity index (χ0n) is 16.3. The van der Waals surface area contributed by atoms with Gasteiger partial charge in [0.1, 0.15) is 12.9 Å². The molecule has 2 bridgehead atoms. The number of rotatable bonds is 4. The second-order valence-corrected chi connectivity index (χ2v) is 7.34. The molecule has 0 saturated carbocycles. The largest absolute Gasteiger partial charge is 0.445 e. The van der Waals surface area contributed by atoms with Crippen LogP contribution < -0.4 is 0 Å². The van der Waals surface area contributed by atoms with Crippen LogP contribution in [0.5, 0.6) is 0 Å². The van der Waals surface area contributed by atoms with Crippen LogP contribution in [0.15, 0.2) is 67.5 Å². The Labute approximate surface area is 173 Å². The maximum Gasteiger partial charge on any atom is 0.411 e. The summed E-state index contributed by atoms with van der Waals surface area (Å²) in [6.45, 7) is 1.20. The molecule has 2 aliphatic heterocycles. The molecule has 2 aromatic heterocycles. The van der Waals surface area contributed by atoms with Gasteiger partial charge >= 0.3 is 6.09 Å². The fourth-order valence-corrected chi connectivity index (χ4v) is 3.89. The van der Waals surface area contributed by atoms with Gasteiger partial charge in [-0.25, -0.2) is 19.7 Å². The van der Waals surface area contributed by atoms with E-state index >= 15 is 0 Å². The highest BCUT2D eigenvalue weighted by Gasteiger charge is 2.39. The van der Waals surface area contributed by atoms with Crippen LogP contribution in [-0.4, -0.2) is 55.8 Å². The van der Waals surface area contributed by atoms with Gasteiger partial charge in [0.2, 0.25) is 5.95 Å². The Balaban J connectivity index is 1.31. The number of amides is 1. The number of morpholine rings is 1. The maximum atomic E-state index is 12.8. The molecule has 4 heterocycles. The topological polar surface area (TPSA) is 82.4 Å². The van der Waals surface area contributed by atoms with Crippen molar-refractivity contribution in [2.45, 2.75) is 25.1 Å². The first kappa shape index (κ1) is 18.5. The third kappa shape index (κ3) is 3.69. The van der Waals surface area contributed by atoms with Crippen molar-refractivity contribution in [1.82, 2.24) is 24.4 Å². The fourth-order valence-electron chi connectivity index (χ4n) is 3.89. The minimum absolute atomic E-state index is 0.0691. The summed E-state index contributed by atoms with van der Waals surface area (Å²) >= 11 is 0. The molecule has 1 aromatic carbocycles. The quantitative estimate of drug-likeness (QED) is 0.666. The van der Waals surface area contributed by atoms with E-state index in [4.69, 9.17) is 9.47 Å². The maximum absolute atomic E-state index is 12.8. The molecular weight excluding hydrogens is 382 g/mol. The number of carbonyl (C=O) groups excluding carboxylic acids is 1. The van der Waals surface area contributed by atoms with Gasteiger partial charge in [-0.15, -0.1) is 0 Å². The highest BCUT2D eigenvalue weighted by Crippen LogP contribution is 2.32. The predicted molar refractivity (Wildman–Crippen MR) is 109 cm³/mol. The smallest absolute Gasteiger partial charge is 0.411 e. The Bertz CT molecular complexity index is 1030. The lowest BCUT2D eigenvalue weighted by atomic mass is 9.91. The number of aromatic nitrogens is 4. The Morgan fingerprint density at radius 3 is 2.73 bits per heavy atom. The summed E-state index contributed by atoms with van der Waals surface area (Å²) in [6.07, 6.45) is 11.2. The Kier molecular flexibility index (Phi) is 4.98. The van der Waals surface area contributed by atoms with E-state index in [9.17, 15) is 4.79 Å². The van der Waals surface area contributed by atoms with Gasteiger partial charge in [0.15, 0.2) is 0 Å². The van der Waals surface area contributed by atoms with Gasteiger partial charge in [-0.05, 0) is 17.6 Å². The summed E-state index contributed by atoms with van der Waals surface area (Å²) in [6, 6.07) is 9.46. The molecule has 1 saturated heterocycles. The molecule has 1 amide bonds. The molecule has 5 rings (SSSR count). The first-order valence-electron chi connectivity index (χ1n) is 9.86. The molecule has 1 fully saturated rings. The number of imidazole rings is 1. The van der Waals surface area contributed by atoms with Crippen LogP contribution in [0.3, 0.4) is 0 Å². The third-order valence-corrected chi connectivity index (χ3v) is 5.36. The molecule has 0 N–H and O–H groups in total. The molecule has 3 aromatic rings. The average Bonchev–Trinajstić information content (AvgIpc) is 3.32. The van der Waals surface area contributed by atoms with Crippen molar-refractivity contribution >= 4 is 11.7 Å². The summed E-state index contributed by atoms with van der Waals surface area (Å²) in [5.41, 5.74) is 3.04. The summed E-state index contributed by atoms with van der Waals surface area (Å²) in [5.74, 6) is 0.572. The van der Waals surface area contributed by atoms with Crippen molar-refractivity contribution < 1.29 is 14.3 Å². The van der Waals surface area contributed by atoms with Crippen LogP contribution in [0.1, 0.15) is 17.5 Å². The van der Waals surface area contributed by atoms with Gasteiger partial charge in [0.05, 0.1) is 25.3 Å². The first-order valence-corrected chi connectivity index (χ1v) is 9.86. The molecule has 0 aliphatic carbocycles. The van der Waals surface area contributed by atoms with Crippen LogP contribution in [0.25, 0.3) is 11.5 Å². The molecule has 0 spiro atoms. The molecule has 152 valence electrons. The van der Waals surface area contributed by atoms with Gasteiger partial charge in [0, 0.05) is 30.4 Å². The normalized spacial score (nSPS) is 20.5. The highest BCUT2D eigenvalue weighted by molar-refractivity contribution is 5.74. The molecule has 30 heavy (non-hydrogen) atoms. The zero-order chi connectivity index (χ0) is 20.3. The molecule has 2 aliphatic rings. The number of nitrogens with zero attached hydrogens (tertiary/aromatic N) is 5. The number of fused-ring (bicyclic) bond motifs is 2. The average molecular weight is 403 g/mol. The standard InChI is InChI=1S/C22H21N5O3/c28-22(30-12-16-4-2-1-3-5-16)27-19-8-17(9-20(27)14-29-13-19)18-10-24-21(25-11-18)26-7-6-23-15-26/h1-8,10-11,15,19-20H,9,12-14H2. The lowest BCUT2D eigenvalue weighted by molar-refractivity contribution is -0.0342. The number of ether oxygens (including phenoxy) is 2. The summed E-state index contributed by atoms with van der Waals surface area (Å²) < 4.78 is 13.0. The SMILES string of the molecule is O=C(OCc1ccccc1)N1C2C=C(c3cnc(-n4ccnc4)nc3)CC1COC2. The minimum atomic E-state index is -0.306. The molecular formula is C22H21N5O3. The summed E-state index contributed by atoms with van der Waals surface area (Å²) in [7, 11) is 0. The van der Waals surface area contributed by atoms with E-state index in [2.05, 4.69) is 21.0 Å². The summed E-state index contributed by atoms with van der Waals surface area (Å²) in [4.78, 5) is 27.5. The van der Waals surface area contributed by atoms with Gasteiger partial charge in [-0.2, -0.15) is 0 Å². The first-order chi connectivity index (χ1) is 14.8. The monoisotopic (exact) mass is 403 g/mol. The van der Waals surface area contributed by atoms with E-state index in [0.717, 1.165) is 16.7 Å². The van der Waals surface area contributed by atoms with Crippen molar-refractivity contribution in [2.24, 2.45) is 0 Å². The lowest BCUT2D eigenvalue weighted by Gasteiger charge is -2.43. The third-order valence-electron chi connectivity index (χ3n) is 5.36. The van der Waals surface area contributed by atoms with Crippen molar-refractivity contribution in [3.8, 4) is 5.95 Å². The van der Waals surface area contributed by atoms with E-state index in [1.54, 1.807) is 28.2 Å². The van der Waals surface area contributed by atoms with E-state index in [1.807, 2.05) is 42.7 Å². The number of benzene rings is 1. The summed E-state index contributed by atoms with van der Waals surface area (Å²) in [5, 5.41) is 0. The van der Waals surface area contributed by atoms with E-state index in [-0.39, 0.29) is 24.8 Å². The lowest BCUT2D eigenvalue weighted by Crippen LogP contribution is -2.56. The van der Waals surface area contributed by atoms with Gasteiger partial charge < -0.3 is 9.47 Å². The Hall–Kier alpha value is -3.52. The van der Waals surface area contributed by atoms with Gasteiger partial charge in [0.25, 0.3) is 0 Å². The molecule has 8 heteroatoms. The number of hydrogen-bond acceptors (Lipinski definition) is 6.